The van der Waals surface area contributed by atoms with E-state index in [2.05, 4.69) is 60.3 Å². The standard InChI is InChI=1S/C11H22O2.C11H20O2.C11H22.C7H8.C6H6/c1-12-10-6-3-4-7-11(13-2)9-5-8-10;1-6-11(4,5)7-8-13-10(12)9(2)3;1-10-6-3-4-7-11(2)9-5-8-10;1-7-5-3-2-4-6-7;1-2-4-6-5-3-1/h10-11H,3-9H2,1-2H3;2,6-8H2,1,3-5H3;10-11H,3-9H2,1-2H3;2-6H,1H3;1-6H. The molecule has 2 aromatic rings. The van der Waals surface area contributed by atoms with Crippen molar-refractivity contribution >= 4 is 5.97 Å². The molecule has 0 heterocycles. The van der Waals surface area contributed by atoms with E-state index in [1.54, 1.807) is 6.92 Å². The Labute approximate surface area is 310 Å². The lowest BCUT2D eigenvalue weighted by Crippen LogP contribution is -2.15. The zero-order valence-electron chi connectivity index (χ0n) is 34.0. The van der Waals surface area contributed by atoms with Gasteiger partial charge in [-0.2, -0.15) is 0 Å². The summed E-state index contributed by atoms with van der Waals surface area (Å²) in [5.74, 6) is 1.72. The Bertz CT molecular complexity index is 982. The molecule has 4 atom stereocenters. The van der Waals surface area contributed by atoms with Crippen molar-refractivity contribution in [1.29, 1.82) is 0 Å². The maximum atomic E-state index is 11.0. The third-order valence-electron chi connectivity index (χ3n) is 9.98. The number of carbonyl (C=O) groups is 1. The minimum absolute atomic E-state index is 0.259. The number of aryl methyl sites for hydroxylation is 1. The molecule has 0 aromatic heterocycles. The third kappa shape index (κ3) is 29.3. The molecule has 286 valence electrons. The Kier molecular flexibility index (Phi) is 29.8. The summed E-state index contributed by atoms with van der Waals surface area (Å²) in [4.78, 5) is 11.0. The Morgan fingerprint density at radius 2 is 1.04 bits per heavy atom. The van der Waals surface area contributed by atoms with Crippen molar-refractivity contribution in [1.82, 2.24) is 0 Å². The van der Waals surface area contributed by atoms with Gasteiger partial charge in [-0.25, -0.2) is 4.79 Å². The molecule has 4 unspecified atom stereocenters. The van der Waals surface area contributed by atoms with Gasteiger partial charge in [0, 0.05) is 19.8 Å². The molecule has 2 aliphatic rings. The van der Waals surface area contributed by atoms with Crippen LogP contribution in [0.25, 0.3) is 0 Å². The first-order valence-electron chi connectivity index (χ1n) is 19.8. The van der Waals surface area contributed by atoms with E-state index in [9.17, 15) is 4.79 Å². The van der Waals surface area contributed by atoms with Gasteiger partial charge in [-0.1, -0.05) is 178 Å². The lowest BCUT2D eigenvalue weighted by Gasteiger charge is -2.21. The first-order chi connectivity index (χ1) is 23.9. The van der Waals surface area contributed by atoms with Crippen LogP contribution < -0.4 is 0 Å². The summed E-state index contributed by atoms with van der Waals surface area (Å²) in [6.07, 6.45) is 22.0. The van der Waals surface area contributed by atoms with Crippen molar-refractivity contribution in [2.45, 2.75) is 163 Å². The van der Waals surface area contributed by atoms with E-state index in [-0.39, 0.29) is 11.4 Å². The fourth-order valence-electron chi connectivity index (χ4n) is 5.81. The minimum atomic E-state index is -0.285. The van der Waals surface area contributed by atoms with Gasteiger partial charge in [0.05, 0.1) is 18.8 Å². The van der Waals surface area contributed by atoms with Crippen molar-refractivity contribution in [3.63, 3.8) is 0 Å². The van der Waals surface area contributed by atoms with Crippen LogP contribution in [0.5, 0.6) is 0 Å². The van der Waals surface area contributed by atoms with Crippen LogP contribution in [0, 0.1) is 24.2 Å². The molecule has 4 heteroatoms. The molecule has 4 nitrogen and oxygen atoms in total. The quantitative estimate of drug-likeness (QED) is 0.214. The second-order valence-corrected chi connectivity index (χ2v) is 15.3. The van der Waals surface area contributed by atoms with Gasteiger partial charge in [-0.05, 0) is 69.6 Å². The van der Waals surface area contributed by atoms with Crippen LogP contribution in [0.3, 0.4) is 0 Å². The zero-order chi connectivity index (χ0) is 37.5. The van der Waals surface area contributed by atoms with E-state index in [1.807, 2.05) is 68.8 Å². The Hall–Kier alpha value is -2.43. The molecule has 0 N–H and O–H groups in total. The topological polar surface area (TPSA) is 44.8 Å². The Morgan fingerprint density at radius 1 is 0.680 bits per heavy atom. The number of benzene rings is 2. The number of hydrogen-bond donors (Lipinski definition) is 0. The molecule has 2 aromatic carbocycles. The van der Waals surface area contributed by atoms with Gasteiger partial charge in [0.25, 0.3) is 0 Å². The largest absolute Gasteiger partial charge is 0.462 e. The Morgan fingerprint density at radius 3 is 1.40 bits per heavy atom. The number of esters is 1. The number of rotatable bonds is 7. The normalized spacial score (nSPS) is 21.1. The molecule has 0 saturated heterocycles. The SMILES string of the molecule is C=C(C)C(=O)OCCC(C)(C)CC.CC1CCCCC(C)CCC1.COC1CCCCC(OC)CCC1.Cc1ccccc1.c1ccccc1. The molecule has 2 saturated carbocycles. The highest BCUT2D eigenvalue weighted by molar-refractivity contribution is 5.86. The van der Waals surface area contributed by atoms with Crippen LogP contribution in [-0.4, -0.2) is 39.0 Å². The molecular formula is C46H78O4. The summed E-state index contributed by atoms with van der Waals surface area (Å²) in [6.45, 7) is 19.1. The smallest absolute Gasteiger partial charge is 0.333 e. The van der Waals surface area contributed by atoms with E-state index >= 15 is 0 Å². The average molecular weight is 695 g/mol. The highest BCUT2D eigenvalue weighted by Crippen LogP contribution is 2.25. The fourth-order valence-corrected chi connectivity index (χ4v) is 5.81. The summed E-state index contributed by atoms with van der Waals surface area (Å²) in [5.41, 5.74) is 2.05. The maximum Gasteiger partial charge on any atom is 0.333 e. The number of ether oxygens (including phenoxy) is 3. The zero-order valence-corrected chi connectivity index (χ0v) is 34.0. The van der Waals surface area contributed by atoms with E-state index in [1.165, 1.54) is 95.5 Å². The minimum Gasteiger partial charge on any atom is -0.462 e. The summed E-state index contributed by atoms with van der Waals surface area (Å²) in [6, 6.07) is 22.3. The molecule has 0 spiro atoms. The van der Waals surface area contributed by atoms with Crippen LogP contribution in [0.1, 0.15) is 150 Å². The van der Waals surface area contributed by atoms with Crippen molar-refractivity contribution < 1.29 is 19.0 Å². The van der Waals surface area contributed by atoms with Crippen molar-refractivity contribution in [3.05, 3.63) is 84.4 Å². The molecular weight excluding hydrogens is 617 g/mol. The lowest BCUT2D eigenvalue weighted by molar-refractivity contribution is -0.139. The summed E-state index contributed by atoms with van der Waals surface area (Å²) < 4.78 is 15.8. The predicted octanol–water partition coefficient (Wildman–Crippen LogP) is 13.4. The molecule has 2 aliphatic carbocycles. The highest BCUT2D eigenvalue weighted by Gasteiger charge is 2.16. The van der Waals surface area contributed by atoms with Gasteiger partial charge >= 0.3 is 5.97 Å². The van der Waals surface area contributed by atoms with E-state index in [0.29, 0.717) is 24.4 Å². The summed E-state index contributed by atoms with van der Waals surface area (Å²) in [5, 5.41) is 0. The lowest BCUT2D eigenvalue weighted by atomic mass is 9.87. The van der Waals surface area contributed by atoms with Gasteiger partial charge in [0.1, 0.15) is 0 Å². The van der Waals surface area contributed by atoms with Crippen LogP contribution in [0.4, 0.5) is 0 Å². The molecule has 50 heavy (non-hydrogen) atoms. The monoisotopic (exact) mass is 695 g/mol. The van der Waals surface area contributed by atoms with Gasteiger partial charge < -0.3 is 14.2 Å². The van der Waals surface area contributed by atoms with Crippen molar-refractivity contribution in [2.75, 3.05) is 20.8 Å². The molecule has 2 fully saturated rings. The molecule has 0 amide bonds. The van der Waals surface area contributed by atoms with E-state index in [4.69, 9.17) is 14.2 Å². The van der Waals surface area contributed by atoms with Crippen LogP contribution in [-0.2, 0) is 19.0 Å². The number of hydrogen-bond acceptors (Lipinski definition) is 4. The summed E-state index contributed by atoms with van der Waals surface area (Å²) in [7, 11) is 3.66. The molecule has 0 radical (unpaired) electrons. The van der Waals surface area contributed by atoms with Gasteiger partial charge in [0.15, 0.2) is 0 Å². The summed E-state index contributed by atoms with van der Waals surface area (Å²) >= 11 is 0. The fraction of sp³-hybridized carbons (Fsp3) is 0.674. The predicted molar refractivity (Wildman–Crippen MR) is 217 cm³/mol. The average Bonchev–Trinajstić information content (AvgIpc) is 3.30. The second-order valence-electron chi connectivity index (χ2n) is 15.3. The molecule has 0 aliphatic heterocycles. The van der Waals surface area contributed by atoms with Gasteiger partial charge in [-0.3, -0.25) is 0 Å². The first kappa shape index (κ1) is 47.6. The van der Waals surface area contributed by atoms with Gasteiger partial charge in [0.2, 0.25) is 0 Å². The highest BCUT2D eigenvalue weighted by atomic mass is 16.5. The Balaban J connectivity index is 0.000000616. The van der Waals surface area contributed by atoms with Crippen LogP contribution in [0.2, 0.25) is 0 Å². The van der Waals surface area contributed by atoms with Crippen molar-refractivity contribution in [2.24, 2.45) is 17.3 Å². The second kappa shape index (κ2) is 31.3. The van der Waals surface area contributed by atoms with Gasteiger partial charge in [-0.15, -0.1) is 0 Å². The first-order valence-corrected chi connectivity index (χ1v) is 19.8. The molecule has 4 rings (SSSR count). The number of methoxy groups -OCH3 is 2. The van der Waals surface area contributed by atoms with Crippen molar-refractivity contribution in [3.8, 4) is 0 Å². The van der Waals surface area contributed by atoms with E-state index < -0.39 is 0 Å². The number of carbonyl (C=O) groups excluding carboxylic acids is 1. The van der Waals surface area contributed by atoms with Crippen LogP contribution in [0.15, 0.2) is 78.9 Å². The van der Waals surface area contributed by atoms with E-state index in [0.717, 1.165) is 24.7 Å². The maximum absolute atomic E-state index is 11.0. The van der Waals surface area contributed by atoms with Crippen LogP contribution >= 0.6 is 0 Å². The third-order valence-corrected chi connectivity index (χ3v) is 9.98. The molecule has 0 bridgehead atoms.